The monoisotopic (exact) mass is 245 g/mol. The van der Waals surface area contributed by atoms with Crippen LogP contribution >= 0.6 is 0 Å². The van der Waals surface area contributed by atoms with Crippen molar-refractivity contribution in [2.24, 2.45) is 0 Å². The van der Waals surface area contributed by atoms with Gasteiger partial charge in [-0.25, -0.2) is 5.48 Å². The summed E-state index contributed by atoms with van der Waals surface area (Å²) in [7, 11) is 1.77. The van der Waals surface area contributed by atoms with E-state index in [1.807, 2.05) is 13.8 Å². The molecule has 4 nitrogen and oxygen atoms in total. The molecular weight excluding hydrogens is 218 g/mol. The van der Waals surface area contributed by atoms with Gasteiger partial charge in [0, 0.05) is 20.3 Å². The van der Waals surface area contributed by atoms with Gasteiger partial charge in [-0.15, -0.1) is 0 Å². The smallest absolute Gasteiger partial charge is 0.157 e. The maximum absolute atomic E-state index is 5.47. The fourth-order valence-electron chi connectivity index (χ4n) is 1.45. The average Bonchev–Trinajstić information content (AvgIpc) is 2.33. The van der Waals surface area contributed by atoms with Crippen molar-refractivity contribution < 1.29 is 14.3 Å². The number of unbranched alkanes of at least 4 members (excludes halogenated alkanes) is 1. The molecule has 0 unspecified atom stereocenters. The molecule has 0 aromatic rings. The van der Waals surface area contributed by atoms with Crippen molar-refractivity contribution in [3.63, 3.8) is 0 Å². The normalized spacial score (nSPS) is 11.8. The Bertz CT molecular complexity index is 168. The summed E-state index contributed by atoms with van der Waals surface area (Å²) < 4.78 is 10.9. The number of hydrogen-bond donors (Lipinski definition) is 1. The van der Waals surface area contributed by atoms with Crippen LogP contribution in [0.2, 0.25) is 0 Å². The Morgan fingerprint density at radius 3 is 2.29 bits per heavy atom. The number of ether oxygens (including phenoxy) is 2. The maximum Gasteiger partial charge on any atom is 0.157 e. The van der Waals surface area contributed by atoms with E-state index in [1.165, 1.54) is 0 Å². The molecule has 0 rings (SSSR count). The third kappa shape index (κ3) is 11.8. The number of nitrogens with one attached hydrogen (secondary N) is 1. The molecule has 0 fully saturated rings. The third-order valence-electron chi connectivity index (χ3n) is 2.21. The molecule has 0 aromatic carbocycles. The summed E-state index contributed by atoms with van der Waals surface area (Å²) in [4.78, 5) is 5.00. The molecule has 0 amide bonds. The van der Waals surface area contributed by atoms with Crippen molar-refractivity contribution in [3.8, 4) is 0 Å². The zero-order chi connectivity index (χ0) is 12.8. The van der Waals surface area contributed by atoms with Gasteiger partial charge in [0.1, 0.15) is 0 Å². The minimum absolute atomic E-state index is 0.0361. The van der Waals surface area contributed by atoms with Crippen LogP contribution in [0.15, 0.2) is 12.2 Å². The largest absolute Gasteiger partial charge is 0.353 e. The fraction of sp³-hybridized carbons (Fsp3) is 0.846. The Hall–Kier alpha value is -0.420. The van der Waals surface area contributed by atoms with Gasteiger partial charge in [-0.05, 0) is 39.5 Å². The van der Waals surface area contributed by atoms with Crippen molar-refractivity contribution in [1.29, 1.82) is 0 Å². The highest BCUT2D eigenvalue weighted by atomic mass is 16.7. The van der Waals surface area contributed by atoms with Gasteiger partial charge in [-0.1, -0.05) is 12.2 Å². The maximum atomic E-state index is 5.47. The van der Waals surface area contributed by atoms with E-state index in [4.69, 9.17) is 14.3 Å². The lowest BCUT2D eigenvalue weighted by atomic mass is 10.2. The average molecular weight is 245 g/mol. The Labute approximate surface area is 105 Å². The topological polar surface area (TPSA) is 39.7 Å². The van der Waals surface area contributed by atoms with Crippen LogP contribution in [0.3, 0.4) is 0 Å². The molecule has 0 aliphatic carbocycles. The van der Waals surface area contributed by atoms with E-state index >= 15 is 0 Å². The molecule has 4 heteroatoms. The zero-order valence-corrected chi connectivity index (χ0v) is 11.4. The summed E-state index contributed by atoms with van der Waals surface area (Å²) in [5.74, 6) is 0. The summed E-state index contributed by atoms with van der Waals surface area (Å²) in [6.07, 6.45) is 8.36. The minimum Gasteiger partial charge on any atom is -0.353 e. The molecule has 0 bridgehead atoms. The standard InChI is InChI=1S/C13H27NO3/c1-4-15-13(16-5-2)11-9-7-6-8-10-12-17-14-3/h6,8,13-14H,4-5,7,9-12H2,1-3H3/b8-6+. The first kappa shape index (κ1) is 16.6. The molecule has 0 aliphatic heterocycles. The van der Waals surface area contributed by atoms with E-state index < -0.39 is 0 Å². The molecule has 0 atom stereocenters. The molecule has 1 N–H and O–H groups in total. The Morgan fingerprint density at radius 2 is 1.71 bits per heavy atom. The molecular formula is C13H27NO3. The third-order valence-corrected chi connectivity index (χ3v) is 2.21. The predicted octanol–water partition coefficient (Wildman–Crippen LogP) is 2.65. The predicted molar refractivity (Wildman–Crippen MR) is 69.7 cm³/mol. The fourth-order valence-corrected chi connectivity index (χ4v) is 1.45. The Balaban J connectivity index is 3.40. The summed E-state index contributed by atoms with van der Waals surface area (Å²) >= 11 is 0. The first-order chi connectivity index (χ1) is 8.35. The van der Waals surface area contributed by atoms with Crippen LogP contribution in [-0.4, -0.2) is 33.2 Å². The van der Waals surface area contributed by atoms with E-state index in [0.29, 0.717) is 19.8 Å². The van der Waals surface area contributed by atoms with Gasteiger partial charge >= 0.3 is 0 Å². The molecule has 0 aromatic heterocycles. The van der Waals surface area contributed by atoms with Crippen LogP contribution in [0.25, 0.3) is 0 Å². The number of hydrogen-bond acceptors (Lipinski definition) is 4. The molecule has 0 saturated heterocycles. The molecule has 0 aliphatic rings. The van der Waals surface area contributed by atoms with Gasteiger partial charge in [0.25, 0.3) is 0 Å². The molecule has 0 saturated carbocycles. The van der Waals surface area contributed by atoms with E-state index in [9.17, 15) is 0 Å². The first-order valence-electron chi connectivity index (χ1n) is 6.51. The van der Waals surface area contributed by atoms with E-state index in [-0.39, 0.29) is 6.29 Å². The van der Waals surface area contributed by atoms with Gasteiger partial charge < -0.3 is 14.3 Å². The number of rotatable bonds is 12. The van der Waals surface area contributed by atoms with Gasteiger partial charge in [-0.3, -0.25) is 0 Å². The van der Waals surface area contributed by atoms with Gasteiger partial charge in [0.05, 0.1) is 6.61 Å². The summed E-state index contributed by atoms with van der Waals surface area (Å²) in [6, 6.07) is 0. The highest BCUT2D eigenvalue weighted by molar-refractivity contribution is 4.81. The van der Waals surface area contributed by atoms with E-state index in [2.05, 4.69) is 17.6 Å². The first-order valence-corrected chi connectivity index (χ1v) is 6.51. The van der Waals surface area contributed by atoms with Crippen molar-refractivity contribution in [2.75, 3.05) is 26.9 Å². The van der Waals surface area contributed by atoms with Crippen LogP contribution in [0.1, 0.15) is 39.5 Å². The summed E-state index contributed by atoms with van der Waals surface area (Å²) in [5, 5.41) is 0. The van der Waals surface area contributed by atoms with Gasteiger partial charge in [-0.2, -0.15) is 0 Å². The number of allylic oxidation sites excluding steroid dienone is 1. The van der Waals surface area contributed by atoms with Crippen LogP contribution in [0.4, 0.5) is 0 Å². The lowest BCUT2D eigenvalue weighted by Crippen LogP contribution is -2.16. The number of hydroxylamine groups is 1. The molecule has 17 heavy (non-hydrogen) atoms. The Morgan fingerprint density at radius 1 is 1.06 bits per heavy atom. The lowest BCUT2D eigenvalue weighted by Gasteiger charge is -2.15. The van der Waals surface area contributed by atoms with Crippen molar-refractivity contribution in [2.45, 2.75) is 45.8 Å². The minimum atomic E-state index is -0.0361. The van der Waals surface area contributed by atoms with Crippen LogP contribution in [-0.2, 0) is 14.3 Å². The SMILES string of the molecule is CCOC(CCC/C=C/CCONC)OCC. The molecule has 0 heterocycles. The highest BCUT2D eigenvalue weighted by Gasteiger charge is 2.05. The van der Waals surface area contributed by atoms with Crippen LogP contribution in [0.5, 0.6) is 0 Å². The van der Waals surface area contributed by atoms with Crippen molar-refractivity contribution in [1.82, 2.24) is 5.48 Å². The second-order valence-corrected chi connectivity index (χ2v) is 3.58. The van der Waals surface area contributed by atoms with Crippen molar-refractivity contribution >= 4 is 0 Å². The second-order valence-electron chi connectivity index (χ2n) is 3.58. The van der Waals surface area contributed by atoms with Gasteiger partial charge in [0.15, 0.2) is 6.29 Å². The highest BCUT2D eigenvalue weighted by Crippen LogP contribution is 2.07. The Kier molecular flexibility index (Phi) is 13.3. The zero-order valence-electron chi connectivity index (χ0n) is 11.4. The summed E-state index contributed by atoms with van der Waals surface area (Å²) in [6.45, 7) is 6.12. The molecule has 102 valence electrons. The van der Waals surface area contributed by atoms with Gasteiger partial charge in [0.2, 0.25) is 0 Å². The van der Waals surface area contributed by atoms with E-state index in [1.54, 1.807) is 7.05 Å². The molecule has 0 radical (unpaired) electrons. The van der Waals surface area contributed by atoms with Crippen LogP contribution < -0.4 is 5.48 Å². The lowest BCUT2D eigenvalue weighted by molar-refractivity contribution is -0.139. The van der Waals surface area contributed by atoms with Crippen LogP contribution in [0, 0.1) is 0 Å². The second kappa shape index (κ2) is 13.6. The quantitative estimate of drug-likeness (QED) is 0.248. The molecule has 0 spiro atoms. The van der Waals surface area contributed by atoms with Crippen molar-refractivity contribution in [3.05, 3.63) is 12.2 Å². The summed E-state index contributed by atoms with van der Waals surface area (Å²) in [5.41, 5.74) is 2.65. The van der Waals surface area contributed by atoms with E-state index in [0.717, 1.165) is 25.7 Å².